The maximum Gasteiger partial charge on any atom is 0.329 e. The molecule has 2 aromatic rings. The summed E-state index contributed by atoms with van der Waals surface area (Å²) in [6.45, 7) is 4.26. The summed E-state index contributed by atoms with van der Waals surface area (Å²) in [4.78, 5) is 25.8. The van der Waals surface area contributed by atoms with Crippen molar-refractivity contribution in [3.05, 3.63) is 76.5 Å². The molecule has 0 bridgehead atoms. The lowest BCUT2D eigenvalue weighted by atomic mass is 10.1. The van der Waals surface area contributed by atoms with E-state index in [2.05, 4.69) is 5.32 Å². The first kappa shape index (κ1) is 15.0. The number of rotatable bonds is 3. The van der Waals surface area contributed by atoms with Gasteiger partial charge in [-0.05, 0) is 31.1 Å². The monoisotopic (exact) mass is 306 g/mol. The third-order valence-corrected chi connectivity index (χ3v) is 3.77. The Hall–Kier alpha value is -2.88. The Balaban J connectivity index is 1.81. The van der Waals surface area contributed by atoms with E-state index in [0.717, 1.165) is 22.3 Å². The number of hydrogen-bond acceptors (Lipinski definition) is 2. The Bertz CT molecular complexity index is 791. The Labute approximate surface area is 135 Å². The SMILES string of the molecule is Cc1ccc(/C=C2/NC(=O)N(Cc3cccc(C)c3)C2=O)cc1. The minimum Gasteiger partial charge on any atom is -0.303 e. The molecule has 23 heavy (non-hydrogen) atoms. The summed E-state index contributed by atoms with van der Waals surface area (Å²) in [5, 5.41) is 2.65. The molecule has 1 N–H and O–H groups in total. The summed E-state index contributed by atoms with van der Waals surface area (Å²) >= 11 is 0. The quantitative estimate of drug-likeness (QED) is 0.698. The number of benzene rings is 2. The highest BCUT2D eigenvalue weighted by Crippen LogP contribution is 2.17. The minimum absolute atomic E-state index is 0.275. The third-order valence-electron chi connectivity index (χ3n) is 3.77. The second kappa shape index (κ2) is 6.08. The zero-order valence-electron chi connectivity index (χ0n) is 13.2. The van der Waals surface area contributed by atoms with Gasteiger partial charge in [0.2, 0.25) is 0 Å². The summed E-state index contributed by atoms with van der Waals surface area (Å²) in [5.41, 5.74) is 4.38. The van der Waals surface area contributed by atoms with Crippen LogP contribution in [0.3, 0.4) is 0 Å². The Morgan fingerprint density at radius 1 is 1.00 bits per heavy atom. The Kier molecular flexibility index (Phi) is 3.98. The van der Waals surface area contributed by atoms with Gasteiger partial charge in [0.1, 0.15) is 5.70 Å². The normalized spacial score (nSPS) is 16.1. The number of carbonyl (C=O) groups excluding carboxylic acids is 2. The molecule has 3 rings (SSSR count). The summed E-state index contributed by atoms with van der Waals surface area (Å²) in [6, 6.07) is 15.2. The van der Waals surface area contributed by atoms with Gasteiger partial charge in [0.05, 0.1) is 6.54 Å². The van der Waals surface area contributed by atoms with Crippen LogP contribution in [0.5, 0.6) is 0 Å². The molecule has 1 fully saturated rings. The van der Waals surface area contributed by atoms with Crippen molar-refractivity contribution in [2.75, 3.05) is 0 Å². The van der Waals surface area contributed by atoms with Crippen molar-refractivity contribution in [1.29, 1.82) is 0 Å². The lowest BCUT2D eigenvalue weighted by Crippen LogP contribution is -2.30. The zero-order chi connectivity index (χ0) is 16.4. The topological polar surface area (TPSA) is 49.4 Å². The van der Waals surface area contributed by atoms with E-state index in [1.165, 1.54) is 4.90 Å². The van der Waals surface area contributed by atoms with Gasteiger partial charge < -0.3 is 5.32 Å². The molecule has 4 nitrogen and oxygen atoms in total. The molecule has 1 saturated heterocycles. The van der Waals surface area contributed by atoms with Crippen LogP contribution in [-0.2, 0) is 11.3 Å². The molecular formula is C19H18N2O2. The van der Waals surface area contributed by atoms with Crippen LogP contribution >= 0.6 is 0 Å². The second-order valence-corrected chi connectivity index (χ2v) is 5.78. The first-order chi connectivity index (χ1) is 11.0. The first-order valence-electron chi connectivity index (χ1n) is 7.50. The van der Waals surface area contributed by atoms with E-state index in [-0.39, 0.29) is 18.5 Å². The fourth-order valence-electron chi connectivity index (χ4n) is 2.54. The lowest BCUT2D eigenvalue weighted by Gasteiger charge is -2.12. The molecular weight excluding hydrogens is 288 g/mol. The van der Waals surface area contributed by atoms with E-state index in [9.17, 15) is 9.59 Å². The molecule has 0 aromatic heterocycles. The number of nitrogens with zero attached hydrogens (tertiary/aromatic N) is 1. The van der Waals surface area contributed by atoms with Gasteiger partial charge >= 0.3 is 6.03 Å². The maximum atomic E-state index is 12.5. The standard InChI is InChI=1S/C19H18N2O2/c1-13-6-8-15(9-7-13)11-17-18(22)21(19(23)20-17)12-16-5-3-4-14(2)10-16/h3-11H,12H2,1-2H3,(H,20,23)/b17-11+. The number of amides is 3. The molecule has 0 radical (unpaired) electrons. The van der Waals surface area contributed by atoms with E-state index in [0.29, 0.717) is 5.70 Å². The van der Waals surface area contributed by atoms with E-state index in [1.54, 1.807) is 6.08 Å². The summed E-state index contributed by atoms with van der Waals surface area (Å²) < 4.78 is 0. The predicted octanol–water partition coefficient (Wildman–Crippen LogP) is 3.40. The molecule has 1 aliphatic heterocycles. The van der Waals surface area contributed by atoms with Crippen molar-refractivity contribution in [3.8, 4) is 0 Å². The molecule has 0 unspecified atom stereocenters. The Morgan fingerprint density at radius 3 is 2.43 bits per heavy atom. The van der Waals surface area contributed by atoms with Crippen LogP contribution < -0.4 is 5.32 Å². The summed E-state index contributed by atoms with van der Waals surface area (Å²) in [7, 11) is 0. The summed E-state index contributed by atoms with van der Waals surface area (Å²) in [6.07, 6.45) is 1.70. The van der Waals surface area contributed by atoms with Crippen LogP contribution in [0.25, 0.3) is 6.08 Å². The second-order valence-electron chi connectivity index (χ2n) is 5.78. The molecule has 3 amide bonds. The molecule has 0 atom stereocenters. The number of urea groups is 1. The van der Waals surface area contributed by atoms with Gasteiger partial charge in [-0.25, -0.2) is 4.79 Å². The van der Waals surface area contributed by atoms with Crippen molar-refractivity contribution < 1.29 is 9.59 Å². The van der Waals surface area contributed by atoms with Crippen molar-refractivity contribution in [2.24, 2.45) is 0 Å². The number of imide groups is 1. The molecule has 2 aromatic carbocycles. The number of hydrogen-bond donors (Lipinski definition) is 1. The minimum atomic E-state index is -0.380. The highest BCUT2D eigenvalue weighted by Gasteiger charge is 2.33. The third kappa shape index (κ3) is 3.31. The highest BCUT2D eigenvalue weighted by atomic mass is 16.2. The molecule has 1 aliphatic rings. The van der Waals surface area contributed by atoms with E-state index in [4.69, 9.17) is 0 Å². The molecule has 1 heterocycles. The van der Waals surface area contributed by atoms with Crippen molar-refractivity contribution in [3.63, 3.8) is 0 Å². The van der Waals surface area contributed by atoms with Crippen LogP contribution in [0.2, 0.25) is 0 Å². The number of carbonyl (C=O) groups is 2. The van der Waals surface area contributed by atoms with Crippen LogP contribution in [0.15, 0.2) is 54.2 Å². The lowest BCUT2D eigenvalue weighted by molar-refractivity contribution is -0.123. The Morgan fingerprint density at radius 2 is 1.74 bits per heavy atom. The van der Waals surface area contributed by atoms with Gasteiger partial charge in [-0.15, -0.1) is 0 Å². The van der Waals surface area contributed by atoms with Gasteiger partial charge in [0, 0.05) is 0 Å². The first-order valence-corrected chi connectivity index (χ1v) is 7.50. The van der Waals surface area contributed by atoms with Gasteiger partial charge in [-0.2, -0.15) is 0 Å². The number of nitrogens with one attached hydrogen (secondary N) is 1. The molecule has 0 aliphatic carbocycles. The predicted molar refractivity (Wildman–Crippen MR) is 89.4 cm³/mol. The van der Waals surface area contributed by atoms with Crippen LogP contribution in [-0.4, -0.2) is 16.8 Å². The van der Waals surface area contributed by atoms with Gasteiger partial charge in [0.25, 0.3) is 5.91 Å². The van der Waals surface area contributed by atoms with Crippen LogP contribution in [0.4, 0.5) is 4.79 Å². The average molecular weight is 306 g/mol. The van der Waals surface area contributed by atoms with Gasteiger partial charge in [-0.1, -0.05) is 59.7 Å². The van der Waals surface area contributed by atoms with Crippen molar-refractivity contribution >= 4 is 18.0 Å². The molecule has 4 heteroatoms. The molecule has 116 valence electrons. The van der Waals surface area contributed by atoms with Crippen LogP contribution in [0.1, 0.15) is 22.3 Å². The fourth-order valence-corrected chi connectivity index (χ4v) is 2.54. The maximum absolute atomic E-state index is 12.5. The van der Waals surface area contributed by atoms with Gasteiger partial charge in [-0.3, -0.25) is 9.69 Å². The smallest absolute Gasteiger partial charge is 0.303 e. The van der Waals surface area contributed by atoms with E-state index >= 15 is 0 Å². The number of aryl methyl sites for hydroxylation is 2. The molecule has 0 saturated carbocycles. The summed E-state index contributed by atoms with van der Waals surface area (Å²) in [5.74, 6) is -0.294. The average Bonchev–Trinajstić information content (AvgIpc) is 2.77. The van der Waals surface area contributed by atoms with E-state index in [1.807, 2.05) is 62.4 Å². The van der Waals surface area contributed by atoms with Gasteiger partial charge in [0.15, 0.2) is 0 Å². The van der Waals surface area contributed by atoms with Crippen LogP contribution in [0, 0.1) is 13.8 Å². The van der Waals surface area contributed by atoms with Crippen molar-refractivity contribution in [1.82, 2.24) is 10.2 Å². The largest absolute Gasteiger partial charge is 0.329 e. The molecule has 0 spiro atoms. The highest BCUT2D eigenvalue weighted by molar-refractivity contribution is 6.13. The zero-order valence-corrected chi connectivity index (χ0v) is 13.2. The van der Waals surface area contributed by atoms with Crippen molar-refractivity contribution in [2.45, 2.75) is 20.4 Å². The fraction of sp³-hybridized carbons (Fsp3) is 0.158. The van der Waals surface area contributed by atoms with E-state index < -0.39 is 0 Å².